The van der Waals surface area contributed by atoms with Crippen LogP contribution in [0, 0.1) is 0 Å². The molecule has 0 aliphatic carbocycles. The van der Waals surface area contributed by atoms with Crippen LogP contribution in [0.4, 0.5) is 5.82 Å². The van der Waals surface area contributed by atoms with Gasteiger partial charge in [0.05, 0.1) is 17.9 Å². The topological polar surface area (TPSA) is 155 Å². The third-order valence-electron chi connectivity index (χ3n) is 3.54. The van der Waals surface area contributed by atoms with Gasteiger partial charge in [-0.15, -0.1) is 5.10 Å². The number of aromatic nitrogens is 2. The summed E-state index contributed by atoms with van der Waals surface area (Å²) in [6.07, 6.45) is 1.11. The van der Waals surface area contributed by atoms with Gasteiger partial charge >= 0.3 is 5.97 Å². The second-order valence-corrected chi connectivity index (χ2v) is 6.99. The lowest BCUT2D eigenvalue weighted by Crippen LogP contribution is -2.15. The number of halogens is 1. The van der Waals surface area contributed by atoms with Gasteiger partial charge in [0.2, 0.25) is 0 Å². The highest BCUT2D eigenvalue weighted by Gasteiger charge is 2.18. The van der Waals surface area contributed by atoms with Crippen LogP contribution in [0.25, 0.3) is 11.3 Å². The van der Waals surface area contributed by atoms with Crippen molar-refractivity contribution in [2.45, 2.75) is 20.0 Å². The lowest BCUT2D eigenvalue weighted by atomic mass is 10.1. The van der Waals surface area contributed by atoms with Crippen LogP contribution < -0.4 is 11.5 Å². The van der Waals surface area contributed by atoms with E-state index in [-0.39, 0.29) is 23.5 Å². The molecule has 0 radical (unpaired) electrons. The number of hydrogen-bond donors (Lipinski definition) is 2. The first-order valence-electron chi connectivity index (χ1n) is 8.40. The van der Waals surface area contributed by atoms with Gasteiger partial charge in [0.25, 0.3) is 0 Å². The van der Waals surface area contributed by atoms with Gasteiger partial charge in [0.1, 0.15) is 11.5 Å². The Morgan fingerprint density at radius 3 is 2.76 bits per heavy atom. The minimum absolute atomic E-state index is 0.0118. The van der Waals surface area contributed by atoms with Crippen molar-refractivity contribution in [1.29, 1.82) is 0 Å². The Bertz CT molecular complexity index is 1090. The molecule has 10 nitrogen and oxygen atoms in total. The second kappa shape index (κ2) is 8.69. The number of nitrogen functional groups attached to an aromatic ring is 1. The molecule has 0 spiro atoms. The summed E-state index contributed by atoms with van der Waals surface area (Å²) in [4.78, 5) is 12.4. The molecule has 0 atom stereocenters. The van der Waals surface area contributed by atoms with Crippen LogP contribution >= 0.6 is 15.9 Å². The van der Waals surface area contributed by atoms with Crippen molar-refractivity contribution in [3.05, 3.63) is 51.8 Å². The number of carbonyl (C=O) groups is 1. The van der Waals surface area contributed by atoms with Crippen molar-refractivity contribution >= 4 is 39.8 Å². The fourth-order valence-electron chi connectivity index (χ4n) is 2.31. The minimum atomic E-state index is -0.445. The molecule has 11 heteroatoms. The zero-order valence-electron chi connectivity index (χ0n) is 15.5. The molecule has 0 fully saturated rings. The van der Waals surface area contributed by atoms with Gasteiger partial charge in [-0.05, 0) is 54.5 Å². The molecule has 2 heterocycles. The number of hydrogen-bond acceptors (Lipinski definition) is 9. The molecule has 0 amide bonds. The Morgan fingerprint density at radius 2 is 2.07 bits per heavy atom. The highest BCUT2D eigenvalue weighted by atomic mass is 79.9. The average molecular weight is 461 g/mol. The van der Waals surface area contributed by atoms with Crippen LogP contribution in [0.15, 0.2) is 54.1 Å². The maximum atomic E-state index is 12.4. The van der Waals surface area contributed by atoms with E-state index in [0.717, 1.165) is 4.47 Å². The fraction of sp³-hybridized carbons (Fsp3) is 0.167. The monoisotopic (exact) mass is 460 g/mol. The highest BCUT2D eigenvalue weighted by Crippen LogP contribution is 2.29. The number of benzene rings is 1. The van der Waals surface area contributed by atoms with Crippen molar-refractivity contribution < 1.29 is 18.6 Å². The SMILES string of the molecule is CC(C)OC(=O)c1cc(Br)ccc1-c1ccc(/C=N/N=C(\N)c2nonc2N)o1. The van der Waals surface area contributed by atoms with Crippen molar-refractivity contribution in [3.63, 3.8) is 0 Å². The van der Waals surface area contributed by atoms with Crippen molar-refractivity contribution in [1.82, 2.24) is 10.3 Å². The Balaban J connectivity index is 1.83. The van der Waals surface area contributed by atoms with E-state index in [1.807, 2.05) is 0 Å². The molecule has 2 aromatic heterocycles. The number of nitrogens with two attached hydrogens (primary N) is 2. The molecule has 150 valence electrons. The predicted molar refractivity (Wildman–Crippen MR) is 109 cm³/mol. The smallest absolute Gasteiger partial charge is 0.339 e. The number of ether oxygens (including phenoxy) is 1. The van der Waals surface area contributed by atoms with E-state index >= 15 is 0 Å². The summed E-state index contributed by atoms with van der Waals surface area (Å²) in [7, 11) is 0. The summed E-state index contributed by atoms with van der Waals surface area (Å²) in [5.41, 5.74) is 12.3. The van der Waals surface area contributed by atoms with Crippen LogP contribution in [-0.2, 0) is 4.74 Å². The standard InChI is InChI=1S/C18H17BrN6O4/c1-9(2)27-18(26)13-7-10(19)3-5-12(13)14-6-4-11(28-14)8-22-23-16(20)15-17(21)25-29-24-15/h3-9H,1-2H3,(H2,20,23)(H2,21,25)/b22-8+. The highest BCUT2D eigenvalue weighted by molar-refractivity contribution is 9.10. The molecule has 4 N–H and O–H groups in total. The number of anilines is 1. The zero-order chi connectivity index (χ0) is 21.0. The molecule has 29 heavy (non-hydrogen) atoms. The van der Waals surface area contributed by atoms with E-state index in [9.17, 15) is 4.79 Å². The molecule has 1 aromatic carbocycles. The maximum Gasteiger partial charge on any atom is 0.339 e. The van der Waals surface area contributed by atoms with Gasteiger partial charge in [0.15, 0.2) is 17.3 Å². The Kier molecular flexibility index (Phi) is 6.07. The molecule has 0 saturated heterocycles. The van der Waals surface area contributed by atoms with Gasteiger partial charge in [-0.1, -0.05) is 15.9 Å². The molecular weight excluding hydrogens is 444 g/mol. The molecular formula is C18H17BrN6O4. The molecule has 0 unspecified atom stereocenters. The van der Waals surface area contributed by atoms with Gasteiger partial charge in [-0.25, -0.2) is 9.42 Å². The summed E-state index contributed by atoms with van der Waals surface area (Å²) < 4.78 is 16.3. The van der Waals surface area contributed by atoms with Crippen LogP contribution in [0.5, 0.6) is 0 Å². The van der Waals surface area contributed by atoms with Crippen molar-refractivity contribution in [3.8, 4) is 11.3 Å². The minimum Gasteiger partial charge on any atom is -0.459 e. The van der Waals surface area contributed by atoms with E-state index in [4.69, 9.17) is 20.6 Å². The van der Waals surface area contributed by atoms with Crippen molar-refractivity contribution in [2.75, 3.05) is 5.73 Å². The first-order valence-corrected chi connectivity index (χ1v) is 9.20. The number of esters is 1. The summed E-state index contributed by atoms with van der Waals surface area (Å²) in [5, 5.41) is 14.5. The van der Waals surface area contributed by atoms with Crippen LogP contribution in [0.3, 0.4) is 0 Å². The lowest BCUT2D eigenvalue weighted by molar-refractivity contribution is 0.0378. The zero-order valence-corrected chi connectivity index (χ0v) is 17.1. The molecule has 0 aliphatic rings. The van der Waals surface area contributed by atoms with Gasteiger partial charge in [-0.2, -0.15) is 5.10 Å². The number of amidine groups is 1. The van der Waals surface area contributed by atoms with E-state index in [1.165, 1.54) is 6.21 Å². The Labute approximate surface area is 173 Å². The summed E-state index contributed by atoms with van der Waals surface area (Å²) >= 11 is 3.37. The first-order chi connectivity index (χ1) is 13.8. The van der Waals surface area contributed by atoms with Crippen LogP contribution in [0.2, 0.25) is 0 Å². The van der Waals surface area contributed by atoms with E-state index in [2.05, 4.69) is 41.1 Å². The molecule has 3 aromatic rings. The lowest BCUT2D eigenvalue weighted by Gasteiger charge is -2.11. The normalized spacial score (nSPS) is 12.1. The maximum absolute atomic E-state index is 12.4. The largest absolute Gasteiger partial charge is 0.459 e. The molecule has 3 rings (SSSR count). The number of furan rings is 1. The van der Waals surface area contributed by atoms with Gasteiger partial charge < -0.3 is 20.6 Å². The van der Waals surface area contributed by atoms with Gasteiger partial charge in [-0.3, -0.25) is 0 Å². The molecule has 0 bridgehead atoms. The Morgan fingerprint density at radius 1 is 1.28 bits per heavy atom. The molecule has 0 saturated carbocycles. The molecule has 0 aliphatic heterocycles. The summed E-state index contributed by atoms with van der Waals surface area (Å²) in [5.74, 6) is 0.376. The van der Waals surface area contributed by atoms with Crippen molar-refractivity contribution in [2.24, 2.45) is 15.9 Å². The van der Waals surface area contributed by atoms with E-state index in [1.54, 1.807) is 44.2 Å². The number of nitrogens with zero attached hydrogens (tertiary/aromatic N) is 4. The average Bonchev–Trinajstić information content (AvgIpc) is 3.30. The van der Waals surface area contributed by atoms with E-state index in [0.29, 0.717) is 22.6 Å². The number of rotatable bonds is 6. The summed E-state index contributed by atoms with van der Waals surface area (Å²) in [6.45, 7) is 3.57. The quantitative estimate of drug-likeness (QED) is 0.246. The first kappa shape index (κ1) is 20.3. The van der Waals surface area contributed by atoms with Crippen LogP contribution in [-0.4, -0.2) is 34.4 Å². The second-order valence-electron chi connectivity index (χ2n) is 6.07. The van der Waals surface area contributed by atoms with Crippen LogP contribution in [0.1, 0.15) is 35.7 Å². The third kappa shape index (κ3) is 4.88. The van der Waals surface area contributed by atoms with E-state index < -0.39 is 5.97 Å². The fourth-order valence-corrected chi connectivity index (χ4v) is 2.67. The Hall–Kier alpha value is -3.47. The third-order valence-corrected chi connectivity index (χ3v) is 4.04. The predicted octanol–water partition coefficient (Wildman–Crippen LogP) is 2.98. The number of carbonyl (C=O) groups excluding carboxylic acids is 1. The van der Waals surface area contributed by atoms with Gasteiger partial charge in [0, 0.05) is 10.0 Å². The summed E-state index contributed by atoms with van der Waals surface area (Å²) in [6, 6.07) is 8.63.